The second kappa shape index (κ2) is 9.01. The second-order valence-electron chi connectivity index (χ2n) is 6.25. The third kappa shape index (κ3) is 5.99. The number of anilines is 1. The van der Waals surface area contributed by atoms with Gasteiger partial charge in [-0.1, -0.05) is 12.2 Å². The van der Waals surface area contributed by atoms with Gasteiger partial charge in [0.2, 0.25) is 0 Å². The molecule has 0 N–H and O–H groups in total. The summed E-state index contributed by atoms with van der Waals surface area (Å²) >= 11 is 0. The number of hydrogen-bond donors (Lipinski definition) is 0. The number of benzene rings is 1. The first-order valence-electron chi connectivity index (χ1n) is 7.96. The predicted octanol–water partition coefficient (Wildman–Crippen LogP) is 4.42. The fourth-order valence-corrected chi connectivity index (χ4v) is 2.07. The molecule has 0 heterocycles. The summed E-state index contributed by atoms with van der Waals surface area (Å²) in [7, 11) is 1.62. The second-order valence-corrected chi connectivity index (χ2v) is 6.25. The molecule has 0 aromatic heterocycles. The zero-order valence-corrected chi connectivity index (χ0v) is 15.1. The summed E-state index contributed by atoms with van der Waals surface area (Å²) in [6.07, 6.45) is 3.80. The molecule has 0 spiro atoms. The zero-order chi connectivity index (χ0) is 18.2. The van der Waals surface area contributed by atoms with Crippen molar-refractivity contribution in [2.24, 2.45) is 0 Å². The van der Waals surface area contributed by atoms with Crippen LogP contribution in [-0.2, 0) is 4.74 Å². The van der Waals surface area contributed by atoms with E-state index < -0.39 is 11.7 Å². The summed E-state index contributed by atoms with van der Waals surface area (Å²) < 4.78 is 10.7. The summed E-state index contributed by atoms with van der Waals surface area (Å²) in [5, 5.41) is 3.42. The number of carbonyl (C=O) groups excluding carboxylic acids is 1. The van der Waals surface area contributed by atoms with Gasteiger partial charge >= 0.3 is 6.09 Å². The van der Waals surface area contributed by atoms with Crippen LogP contribution in [0.5, 0.6) is 5.75 Å². The lowest BCUT2D eigenvalue weighted by Gasteiger charge is -2.36. The van der Waals surface area contributed by atoms with Gasteiger partial charge < -0.3 is 9.47 Å². The lowest BCUT2D eigenvalue weighted by atomic mass is 10.2. The first kappa shape index (κ1) is 19.6. The van der Waals surface area contributed by atoms with Gasteiger partial charge in [0.15, 0.2) is 0 Å². The quantitative estimate of drug-likeness (QED) is 0.522. The van der Waals surface area contributed by atoms with E-state index in [2.05, 4.69) is 13.2 Å². The molecule has 1 amide bonds. The molecule has 0 aliphatic rings. The summed E-state index contributed by atoms with van der Waals surface area (Å²) in [4.78, 5) is 12.6. The molecule has 0 bridgehead atoms. The lowest BCUT2D eigenvalue weighted by Crippen LogP contribution is -2.49. The molecule has 0 fully saturated rings. The third-order valence-corrected chi connectivity index (χ3v) is 3.11. The van der Waals surface area contributed by atoms with Crippen LogP contribution >= 0.6 is 0 Å². The van der Waals surface area contributed by atoms with Crippen molar-refractivity contribution in [2.45, 2.75) is 32.8 Å². The van der Waals surface area contributed by atoms with Crippen molar-refractivity contribution >= 4 is 11.8 Å². The van der Waals surface area contributed by atoms with Gasteiger partial charge in [0.05, 0.1) is 19.3 Å². The monoisotopic (exact) mass is 332 g/mol. The van der Waals surface area contributed by atoms with Crippen molar-refractivity contribution in [3.05, 3.63) is 49.6 Å². The number of hydrazine groups is 1. The summed E-state index contributed by atoms with van der Waals surface area (Å²) in [6.45, 7) is 14.0. The molecule has 0 aliphatic carbocycles. The van der Waals surface area contributed by atoms with Gasteiger partial charge in [-0.15, -0.1) is 13.2 Å². The normalized spacial score (nSPS) is 10.7. The van der Waals surface area contributed by atoms with Crippen molar-refractivity contribution in [1.82, 2.24) is 5.01 Å². The number of nitrogens with zero attached hydrogens (tertiary/aromatic N) is 2. The Kier molecular flexibility index (Phi) is 7.36. The highest BCUT2D eigenvalue weighted by Gasteiger charge is 2.26. The Balaban J connectivity index is 3.12. The zero-order valence-electron chi connectivity index (χ0n) is 15.1. The first-order valence-corrected chi connectivity index (χ1v) is 7.96. The Hall–Kier alpha value is -2.43. The standard InChI is InChI=1S/C19H28N2O3/c1-7-9-15-20(16-10-12-17(23-6)13-11-16)21(14-8-2)18(22)24-19(3,4)5/h7-8,10-13H,1-2,9,14-15H2,3-6H3. The van der Waals surface area contributed by atoms with Gasteiger partial charge in [-0.25, -0.2) is 9.80 Å². The van der Waals surface area contributed by atoms with E-state index in [-0.39, 0.29) is 0 Å². The number of amides is 1. The van der Waals surface area contributed by atoms with Crippen molar-refractivity contribution < 1.29 is 14.3 Å². The maximum absolute atomic E-state index is 12.6. The molecule has 0 aliphatic heterocycles. The molecule has 0 atom stereocenters. The maximum atomic E-state index is 12.6. The van der Waals surface area contributed by atoms with Gasteiger partial charge in [-0.05, 0) is 51.5 Å². The van der Waals surface area contributed by atoms with E-state index in [0.29, 0.717) is 13.1 Å². The van der Waals surface area contributed by atoms with Crippen LogP contribution in [0.2, 0.25) is 0 Å². The van der Waals surface area contributed by atoms with Crippen LogP contribution < -0.4 is 9.75 Å². The molecule has 5 nitrogen and oxygen atoms in total. The molecule has 5 heteroatoms. The van der Waals surface area contributed by atoms with E-state index in [1.165, 1.54) is 0 Å². The number of rotatable bonds is 8. The Morgan fingerprint density at radius 1 is 1.17 bits per heavy atom. The van der Waals surface area contributed by atoms with E-state index in [9.17, 15) is 4.79 Å². The van der Waals surface area contributed by atoms with Crippen LogP contribution in [0.3, 0.4) is 0 Å². The summed E-state index contributed by atoms with van der Waals surface area (Å²) in [5.41, 5.74) is 0.297. The highest BCUT2D eigenvalue weighted by atomic mass is 16.6. The van der Waals surface area contributed by atoms with E-state index in [1.54, 1.807) is 18.2 Å². The minimum absolute atomic E-state index is 0.345. The fraction of sp³-hybridized carbons (Fsp3) is 0.421. The molecule has 1 rings (SSSR count). The highest BCUT2D eigenvalue weighted by molar-refractivity contribution is 5.71. The number of methoxy groups -OCH3 is 1. The van der Waals surface area contributed by atoms with E-state index in [0.717, 1.165) is 17.9 Å². The topological polar surface area (TPSA) is 42.0 Å². The molecule has 0 saturated heterocycles. The van der Waals surface area contributed by atoms with Crippen LogP contribution in [0.4, 0.5) is 10.5 Å². The van der Waals surface area contributed by atoms with Crippen molar-refractivity contribution in [3.8, 4) is 5.75 Å². The van der Waals surface area contributed by atoms with Gasteiger partial charge in [-0.3, -0.25) is 5.01 Å². The van der Waals surface area contributed by atoms with Crippen molar-refractivity contribution in [1.29, 1.82) is 0 Å². The summed E-state index contributed by atoms with van der Waals surface area (Å²) in [5.74, 6) is 0.759. The average Bonchev–Trinajstić information content (AvgIpc) is 2.53. The minimum atomic E-state index is -0.569. The highest BCUT2D eigenvalue weighted by Crippen LogP contribution is 2.23. The van der Waals surface area contributed by atoms with Crippen LogP contribution in [-0.4, -0.2) is 36.9 Å². The molecule has 24 heavy (non-hydrogen) atoms. The Morgan fingerprint density at radius 3 is 2.25 bits per heavy atom. The smallest absolute Gasteiger partial charge is 0.429 e. The fourth-order valence-electron chi connectivity index (χ4n) is 2.07. The molecule has 0 unspecified atom stereocenters. The predicted molar refractivity (Wildman–Crippen MR) is 98.3 cm³/mol. The molecular formula is C19H28N2O3. The van der Waals surface area contributed by atoms with E-state index >= 15 is 0 Å². The Labute approximate surface area is 145 Å². The Morgan fingerprint density at radius 2 is 1.79 bits per heavy atom. The van der Waals surface area contributed by atoms with Crippen LogP contribution in [0.1, 0.15) is 27.2 Å². The van der Waals surface area contributed by atoms with Gasteiger partial charge in [-0.2, -0.15) is 0 Å². The van der Waals surface area contributed by atoms with Crippen molar-refractivity contribution in [3.63, 3.8) is 0 Å². The molecule has 1 aromatic carbocycles. The molecule has 132 valence electrons. The Bertz CT molecular complexity index is 547. The lowest BCUT2D eigenvalue weighted by molar-refractivity contribution is 0.0248. The summed E-state index contributed by atoms with van der Waals surface area (Å²) in [6, 6.07) is 7.53. The van der Waals surface area contributed by atoms with Crippen LogP contribution in [0, 0.1) is 0 Å². The molecular weight excluding hydrogens is 304 g/mol. The molecule has 0 saturated carbocycles. The minimum Gasteiger partial charge on any atom is -0.497 e. The number of hydrogen-bond acceptors (Lipinski definition) is 4. The van der Waals surface area contributed by atoms with Crippen LogP contribution in [0.15, 0.2) is 49.6 Å². The van der Waals surface area contributed by atoms with E-state index in [4.69, 9.17) is 9.47 Å². The van der Waals surface area contributed by atoms with Gasteiger partial charge in [0.1, 0.15) is 11.4 Å². The first-order chi connectivity index (χ1) is 11.3. The third-order valence-electron chi connectivity index (χ3n) is 3.11. The molecule has 0 radical (unpaired) electrons. The maximum Gasteiger partial charge on any atom is 0.429 e. The van der Waals surface area contributed by atoms with Gasteiger partial charge in [0, 0.05) is 6.54 Å². The van der Waals surface area contributed by atoms with E-state index in [1.807, 2.05) is 56.1 Å². The number of ether oxygens (including phenoxy) is 2. The SMILES string of the molecule is C=CCCN(c1ccc(OC)cc1)N(CC=C)C(=O)OC(C)(C)C. The molecule has 1 aromatic rings. The van der Waals surface area contributed by atoms with Gasteiger partial charge in [0.25, 0.3) is 0 Å². The van der Waals surface area contributed by atoms with Crippen LogP contribution in [0.25, 0.3) is 0 Å². The van der Waals surface area contributed by atoms with Crippen molar-refractivity contribution in [2.75, 3.05) is 25.2 Å². The number of carbonyl (C=O) groups is 1. The average molecular weight is 332 g/mol. The largest absolute Gasteiger partial charge is 0.497 e.